The summed E-state index contributed by atoms with van der Waals surface area (Å²) in [4.78, 5) is 32.2. The second-order valence-electron chi connectivity index (χ2n) is 9.42. The lowest BCUT2D eigenvalue weighted by Gasteiger charge is -2.35. The average molecular weight is 521 g/mol. The van der Waals surface area contributed by atoms with Crippen LogP contribution in [-0.2, 0) is 17.8 Å². The third-order valence-electron chi connectivity index (χ3n) is 7.00. The fourth-order valence-electron chi connectivity index (χ4n) is 4.93. The smallest absolute Gasteiger partial charge is 0.254 e. The Hall–Kier alpha value is -3.32. The summed E-state index contributed by atoms with van der Waals surface area (Å²) in [5.74, 6) is 1.27. The van der Waals surface area contributed by atoms with E-state index in [1.807, 2.05) is 69.8 Å². The first-order valence-electron chi connectivity index (χ1n) is 13.0. The molecule has 1 aliphatic carbocycles. The number of ether oxygens (including phenoxy) is 2. The Kier molecular flexibility index (Phi) is 9.60. The average Bonchev–Trinajstić information content (AvgIpc) is 3.47. The number of hydrogen-bond donors (Lipinski definition) is 0. The molecule has 196 valence electrons. The topological polar surface area (TPSA) is 59.1 Å². The van der Waals surface area contributed by atoms with Crippen LogP contribution in [0.2, 0.25) is 0 Å². The molecule has 1 fully saturated rings. The molecule has 0 spiro atoms. The normalized spacial score (nSPS) is 13.7. The molecule has 0 bridgehead atoms. The lowest BCUT2D eigenvalue weighted by molar-refractivity contribution is -0.133. The quantitative estimate of drug-likeness (QED) is 0.320. The molecule has 4 rings (SSSR count). The molecule has 6 nitrogen and oxygen atoms in total. The fourth-order valence-corrected chi connectivity index (χ4v) is 5.65. The third-order valence-corrected chi connectivity index (χ3v) is 7.86. The maximum absolute atomic E-state index is 13.8. The van der Waals surface area contributed by atoms with Crippen molar-refractivity contribution in [1.82, 2.24) is 9.80 Å². The highest BCUT2D eigenvalue weighted by Gasteiger charge is 2.29. The molecule has 2 amide bonds. The molecule has 37 heavy (non-hydrogen) atoms. The van der Waals surface area contributed by atoms with Crippen LogP contribution in [0.25, 0.3) is 0 Å². The van der Waals surface area contributed by atoms with Crippen LogP contribution in [0.1, 0.15) is 52.9 Å². The zero-order valence-electron chi connectivity index (χ0n) is 21.7. The molecule has 7 heteroatoms. The van der Waals surface area contributed by atoms with Crippen LogP contribution in [0, 0.1) is 0 Å². The summed E-state index contributed by atoms with van der Waals surface area (Å²) < 4.78 is 10.8. The summed E-state index contributed by atoms with van der Waals surface area (Å²) >= 11 is 1.64. The van der Waals surface area contributed by atoms with Crippen LogP contribution in [-0.4, -0.2) is 55.0 Å². The lowest BCUT2D eigenvalue weighted by atomic mass is 9.93. The fraction of sp³-hybridized carbons (Fsp3) is 0.400. The van der Waals surface area contributed by atoms with Gasteiger partial charge >= 0.3 is 0 Å². The molecule has 1 aromatic heterocycles. The Morgan fingerprint density at radius 2 is 1.68 bits per heavy atom. The Morgan fingerprint density at radius 3 is 2.35 bits per heavy atom. The van der Waals surface area contributed by atoms with E-state index in [-0.39, 0.29) is 24.4 Å². The highest BCUT2D eigenvalue weighted by Crippen LogP contribution is 2.28. The van der Waals surface area contributed by atoms with Crippen LogP contribution in [0.15, 0.2) is 66.0 Å². The molecule has 1 aliphatic rings. The van der Waals surface area contributed by atoms with Gasteiger partial charge in [0.1, 0.15) is 6.54 Å². The predicted molar refractivity (Wildman–Crippen MR) is 147 cm³/mol. The van der Waals surface area contributed by atoms with Gasteiger partial charge in [-0.25, -0.2) is 0 Å². The molecule has 2 aromatic carbocycles. The maximum atomic E-state index is 13.8. The summed E-state index contributed by atoms with van der Waals surface area (Å²) in [6.07, 6.45) is 5.94. The number of carbonyl (C=O) groups excluding carboxylic acids is 2. The minimum Gasteiger partial charge on any atom is -0.493 e. The summed E-state index contributed by atoms with van der Waals surface area (Å²) in [6, 6.07) is 19.3. The van der Waals surface area contributed by atoms with Crippen molar-refractivity contribution in [1.29, 1.82) is 0 Å². The van der Waals surface area contributed by atoms with Crippen LogP contribution in [0.3, 0.4) is 0 Å². The zero-order chi connectivity index (χ0) is 26.0. The van der Waals surface area contributed by atoms with Crippen LogP contribution < -0.4 is 9.47 Å². The number of methoxy groups -OCH3 is 2. The minimum atomic E-state index is -0.0585. The van der Waals surface area contributed by atoms with Gasteiger partial charge in [-0.05, 0) is 60.5 Å². The van der Waals surface area contributed by atoms with Crippen molar-refractivity contribution in [3.63, 3.8) is 0 Å². The van der Waals surface area contributed by atoms with Gasteiger partial charge in [0.25, 0.3) is 5.91 Å². The second kappa shape index (κ2) is 13.3. The first kappa shape index (κ1) is 26.7. The van der Waals surface area contributed by atoms with Gasteiger partial charge in [0, 0.05) is 23.0 Å². The lowest BCUT2D eigenvalue weighted by Crippen LogP contribution is -2.48. The molecule has 0 unspecified atom stereocenters. The number of hydrogen-bond acceptors (Lipinski definition) is 5. The van der Waals surface area contributed by atoms with E-state index in [4.69, 9.17) is 9.47 Å². The molecule has 0 aliphatic heterocycles. The Bertz CT molecular complexity index is 1140. The van der Waals surface area contributed by atoms with Gasteiger partial charge < -0.3 is 19.3 Å². The molecule has 1 heterocycles. The molecule has 3 aromatic rings. The van der Waals surface area contributed by atoms with Gasteiger partial charge in [0.05, 0.1) is 20.8 Å². The summed E-state index contributed by atoms with van der Waals surface area (Å²) in [5, 5.41) is 2.03. The molecular weight excluding hydrogens is 484 g/mol. The summed E-state index contributed by atoms with van der Waals surface area (Å²) in [5.41, 5.74) is 1.70. The van der Waals surface area contributed by atoms with Gasteiger partial charge in [0.15, 0.2) is 11.5 Å². The first-order chi connectivity index (χ1) is 18.1. The van der Waals surface area contributed by atoms with Crippen LogP contribution >= 0.6 is 11.3 Å². The molecule has 0 radical (unpaired) electrons. The van der Waals surface area contributed by atoms with Crippen LogP contribution in [0.5, 0.6) is 11.5 Å². The Morgan fingerprint density at radius 1 is 0.919 bits per heavy atom. The molecule has 0 atom stereocenters. The second-order valence-corrected chi connectivity index (χ2v) is 10.5. The largest absolute Gasteiger partial charge is 0.493 e. The predicted octanol–water partition coefficient (Wildman–Crippen LogP) is 5.81. The van der Waals surface area contributed by atoms with Crippen molar-refractivity contribution >= 4 is 23.2 Å². The highest BCUT2D eigenvalue weighted by atomic mass is 32.1. The number of rotatable bonds is 11. The van der Waals surface area contributed by atoms with Gasteiger partial charge in [-0.2, -0.15) is 0 Å². The molecule has 0 saturated heterocycles. The Balaban J connectivity index is 1.53. The standard InChI is InChI=1S/C30H36N2O4S/c1-35-27-16-15-23(20-28(27)36-2)17-18-31(21-26-14-9-19-37-26)29(33)22-32(25-12-7-4-8-13-25)30(34)24-10-5-3-6-11-24/h3,5-6,9-11,14-16,19-20,25H,4,7-8,12-13,17-18,21-22H2,1-2H3. The zero-order valence-corrected chi connectivity index (χ0v) is 22.5. The van der Waals surface area contributed by atoms with E-state index < -0.39 is 0 Å². The first-order valence-corrected chi connectivity index (χ1v) is 13.8. The van der Waals surface area contributed by atoms with E-state index in [0.717, 1.165) is 36.1 Å². The summed E-state index contributed by atoms with van der Waals surface area (Å²) in [7, 11) is 3.24. The third kappa shape index (κ3) is 7.13. The van der Waals surface area contributed by atoms with Crippen molar-refractivity contribution in [3.05, 3.63) is 82.0 Å². The van der Waals surface area contributed by atoms with Crippen LogP contribution in [0.4, 0.5) is 0 Å². The van der Waals surface area contributed by atoms with E-state index >= 15 is 0 Å². The number of amides is 2. The van der Waals surface area contributed by atoms with E-state index in [1.54, 1.807) is 25.6 Å². The minimum absolute atomic E-state index is 0.0243. The van der Waals surface area contributed by atoms with Crippen molar-refractivity contribution in [2.45, 2.75) is 51.1 Å². The number of thiophene rings is 1. The van der Waals surface area contributed by atoms with Gasteiger partial charge in [0.2, 0.25) is 5.91 Å². The number of benzene rings is 2. The van der Waals surface area contributed by atoms with Crippen molar-refractivity contribution in [2.24, 2.45) is 0 Å². The molecule has 1 saturated carbocycles. The number of nitrogens with zero attached hydrogens (tertiary/aromatic N) is 2. The Labute approximate surface area is 223 Å². The molecular formula is C30H36N2O4S. The van der Waals surface area contributed by atoms with E-state index in [2.05, 4.69) is 6.07 Å². The number of carbonyl (C=O) groups is 2. The van der Waals surface area contributed by atoms with Crippen molar-refractivity contribution in [2.75, 3.05) is 27.3 Å². The summed E-state index contributed by atoms with van der Waals surface area (Å²) in [6.45, 7) is 1.17. The van der Waals surface area contributed by atoms with Gasteiger partial charge in [-0.3, -0.25) is 9.59 Å². The van der Waals surface area contributed by atoms with Crippen molar-refractivity contribution < 1.29 is 19.1 Å². The maximum Gasteiger partial charge on any atom is 0.254 e. The van der Waals surface area contributed by atoms with Crippen molar-refractivity contribution in [3.8, 4) is 11.5 Å². The van der Waals surface area contributed by atoms with Gasteiger partial charge in [-0.1, -0.05) is 49.6 Å². The van der Waals surface area contributed by atoms with E-state index in [0.29, 0.717) is 36.6 Å². The molecule has 0 N–H and O–H groups in total. The van der Waals surface area contributed by atoms with Gasteiger partial charge in [-0.15, -0.1) is 11.3 Å². The van der Waals surface area contributed by atoms with E-state index in [1.165, 1.54) is 6.42 Å². The monoisotopic (exact) mass is 520 g/mol. The van der Waals surface area contributed by atoms with E-state index in [9.17, 15) is 9.59 Å². The highest BCUT2D eigenvalue weighted by molar-refractivity contribution is 7.09. The SMILES string of the molecule is COc1ccc(CCN(Cc2cccs2)C(=O)CN(C(=O)c2ccccc2)C2CCCCC2)cc1OC.